The summed E-state index contributed by atoms with van der Waals surface area (Å²) in [6.45, 7) is 0. The molecule has 1 amide bonds. The van der Waals surface area contributed by atoms with E-state index in [2.05, 4.69) is 0 Å². The summed E-state index contributed by atoms with van der Waals surface area (Å²) in [6, 6.07) is 7.53. The molecule has 1 saturated heterocycles. The fourth-order valence-corrected chi connectivity index (χ4v) is 2.00. The topological polar surface area (TPSA) is 40.5 Å². The van der Waals surface area contributed by atoms with E-state index in [4.69, 9.17) is 0 Å². The van der Waals surface area contributed by atoms with E-state index in [9.17, 15) is 9.90 Å². The second-order valence-electron chi connectivity index (χ2n) is 3.16. The number of rotatable bonds is 0. The summed E-state index contributed by atoms with van der Waals surface area (Å²) in [6.07, 6.45) is -0.602. The van der Waals surface area contributed by atoms with Crippen molar-refractivity contribution in [3.8, 4) is 0 Å². The lowest BCUT2D eigenvalue weighted by molar-refractivity contribution is -0.131. The molecule has 3 heterocycles. The lowest BCUT2D eigenvalue weighted by Crippen LogP contribution is -2.53. The van der Waals surface area contributed by atoms with Gasteiger partial charge in [-0.15, -0.1) is 0 Å². The first-order valence-electron chi connectivity index (χ1n) is 3.91. The summed E-state index contributed by atoms with van der Waals surface area (Å²) in [5, 5.41) is 9.44. The van der Waals surface area contributed by atoms with Crippen molar-refractivity contribution in [2.24, 2.45) is 0 Å². The first-order valence-corrected chi connectivity index (χ1v) is 3.91. The molecule has 3 heteroatoms. The molecule has 1 N–H and O–H groups in total. The number of aliphatic hydroxyl groups is 1. The van der Waals surface area contributed by atoms with Gasteiger partial charge >= 0.3 is 0 Å². The Bertz CT molecular complexity index is 342. The van der Waals surface area contributed by atoms with Crippen LogP contribution in [0, 0.1) is 0 Å². The van der Waals surface area contributed by atoms with E-state index in [1.54, 1.807) is 0 Å². The Labute approximate surface area is 69.2 Å². The van der Waals surface area contributed by atoms with Gasteiger partial charge in [-0.1, -0.05) is 18.2 Å². The van der Waals surface area contributed by atoms with Gasteiger partial charge in [0.2, 0.25) is 5.91 Å². The van der Waals surface area contributed by atoms with Gasteiger partial charge < -0.3 is 5.11 Å². The van der Waals surface area contributed by atoms with E-state index in [1.165, 1.54) is 4.90 Å². The van der Waals surface area contributed by atoms with Crippen molar-refractivity contribution < 1.29 is 9.90 Å². The standard InChI is InChI=1S/C9H7NO2/c11-8-7-5-3-1-2-4-6(5)10(8)9(7)12/h1-4,7-8,11H. The van der Waals surface area contributed by atoms with Crippen LogP contribution in [0.1, 0.15) is 11.5 Å². The number of nitrogens with zero attached hydrogens (tertiary/aromatic N) is 1. The molecule has 3 nitrogen and oxygen atoms in total. The monoisotopic (exact) mass is 161 g/mol. The number of carbonyl (C=O) groups excluding carboxylic acids is 1. The number of aliphatic hydroxyl groups excluding tert-OH is 1. The Hall–Kier alpha value is -1.35. The van der Waals surface area contributed by atoms with Crippen LogP contribution in [0.2, 0.25) is 0 Å². The fraction of sp³-hybridized carbons (Fsp3) is 0.222. The predicted octanol–water partition coefficient (Wildman–Crippen LogP) is 0.449. The molecule has 60 valence electrons. The van der Waals surface area contributed by atoms with E-state index in [1.807, 2.05) is 24.3 Å². The van der Waals surface area contributed by atoms with Crippen molar-refractivity contribution in [3.63, 3.8) is 0 Å². The normalized spacial score (nSPS) is 30.1. The molecule has 0 aliphatic carbocycles. The molecule has 2 atom stereocenters. The van der Waals surface area contributed by atoms with E-state index >= 15 is 0 Å². The maximum Gasteiger partial charge on any atom is 0.241 e. The Morgan fingerprint density at radius 3 is 2.75 bits per heavy atom. The lowest BCUT2D eigenvalue weighted by atomic mass is 9.97. The Morgan fingerprint density at radius 1 is 1.33 bits per heavy atom. The molecule has 0 aromatic heterocycles. The minimum atomic E-state index is -0.602. The minimum Gasteiger partial charge on any atom is -0.372 e. The summed E-state index contributed by atoms with van der Waals surface area (Å²) in [4.78, 5) is 12.7. The van der Waals surface area contributed by atoms with Crippen LogP contribution in [-0.2, 0) is 4.79 Å². The zero-order valence-electron chi connectivity index (χ0n) is 6.27. The number of anilines is 1. The highest BCUT2D eigenvalue weighted by Crippen LogP contribution is 2.49. The third-order valence-electron chi connectivity index (χ3n) is 2.60. The Kier molecular flexibility index (Phi) is 0.875. The zero-order valence-corrected chi connectivity index (χ0v) is 6.27. The maximum atomic E-state index is 11.3. The van der Waals surface area contributed by atoms with Crippen molar-refractivity contribution in [2.75, 3.05) is 4.90 Å². The van der Waals surface area contributed by atoms with Crippen LogP contribution >= 0.6 is 0 Å². The molecule has 1 aromatic carbocycles. The van der Waals surface area contributed by atoms with E-state index in [-0.39, 0.29) is 11.8 Å². The molecule has 4 rings (SSSR count). The van der Waals surface area contributed by atoms with E-state index in [0.29, 0.717) is 0 Å². The first-order chi connectivity index (χ1) is 5.80. The SMILES string of the molecule is O=C1C2c3ccccc3N1C2O. The largest absolute Gasteiger partial charge is 0.372 e. The average Bonchev–Trinajstić information content (AvgIpc) is 2.53. The minimum absolute atomic E-state index is 0.0312. The molecule has 0 radical (unpaired) electrons. The van der Waals surface area contributed by atoms with Crippen LogP contribution in [0.5, 0.6) is 0 Å². The number of amides is 1. The quantitative estimate of drug-likeness (QED) is 0.561. The van der Waals surface area contributed by atoms with Crippen molar-refractivity contribution in [1.82, 2.24) is 0 Å². The highest BCUT2D eigenvalue weighted by atomic mass is 16.3. The van der Waals surface area contributed by atoms with Gasteiger partial charge in [0.05, 0.1) is 5.69 Å². The average molecular weight is 161 g/mol. The van der Waals surface area contributed by atoms with Crippen molar-refractivity contribution in [2.45, 2.75) is 12.1 Å². The van der Waals surface area contributed by atoms with Crippen LogP contribution in [0.4, 0.5) is 5.69 Å². The summed E-state index contributed by atoms with van der Waals surface area (Å²) < 4.78 is 0. The smallest absolute Gasteiger partial charge is 0.241 e. The first kappa shape index (κ1) is 6.20. The Morgan fingerprint density at radius 2 is 2.08 bits per heavy atom. The van der Waals surface area contributed by atoms with Gasteiger partial charge in [-0.3, -0.25) is 9.69 Å². The van der Waals surface area contributed by atoms with Gasteiger partial charge in [0, 0.05) is 0 Å². The van der Waals surface area contributed by atoms with Gasteiger partial charge in [0.25, 0.3) is 0 Å². The molecule has 0 spiro atoms. The third kappa shape index (κ3) is 0.447. The van der Waals surface area contributed by atoms with Crippen molar-refractivity contribution in [3.05, 3.63) is 29.8 Å². The molecule has 3 aliphatic heterocycles. The molecule has 1 fully saturated rings. The summed E-state index contributed by atoms with van der Waals surface area (Å²) in [7, 11) is 0. The number of benzene rings is 1. The molecule has 2 unspecified atom stereocenters. The lowest BCUT2D eigenvalue weighted by Gasteiger charge is -2.33. The maximum absolute atomic E-state index is 11.3. The number of hydrogen-bond acceptors (Lipinski definition) is 2. The zero-order chi connectivity index (χ0) is 8.29. The van der Waals surface area contributed by atoms with Crippen molar-refractivity contribution >= 4 is 11.6 Å². The van der Waals surface area contributed by atoms with Gasteiger partial charge in [0.15, 0.2) is 0 Å². The highest BCUT2D eigenvalue weighted by molar-refractivity contribution is 6.12. The van der Waals surface area contributed by atoms with Crippen LogP contribution in [0.3, 0.4) is 0 Å². The number of para-hydroxylation sites is 1. The van der Waals surface area contributed by atoms with Crippen LogP contribution in [-0.4, -0.2) is 17.2 Å². The van der Waals surface area contributed by atoms with Crippen molar-refractivity contribution in [1.29, 1.82) is 0 Å². The second-order valence-corrected chi connectivity index (χ2v) is 3.16. The molecule has 12 heavy (non-hydrogen) atoms. The summed E-state index contributed by atoms with van der Waals surface area (Å²) in [5.74, 6) is -0.245. The number of hydrogen-bond donors (Lipinski definition) is 1. The highest BCUT2D eigenvalue weighted by Gasteiger charge is 2.55. The summed E-state index contributed by atoms with van der Waals surface area (Å²) in [5.41, 5.74) is 1.84. The fourth-order valence-electron chi connectivity index (χ4n) is 2.00. The van der Waals surface area contributed by atoms with Gasteiger partial charge in [-0.2, -0.15) is 0 Å². The van der Waals surface area contributed by atoms with Gasteiger partial charge in [-0.25, -0.2) is 0 Å². The molecular formula is C9H7NO2. The summed E-state index contributed by atoms with van der Waals surface area (Å²) >= 11 is 0. The van der Waals surface area contributed by atoms with E-state index in [0.717, 1.165) is 11.3 Å². The van der Waals surface area contributed by atoms with Crippen LogP contribution in [0.25, 0.3) is 0 Å². The molecule has 3 aliphatic rings. The molecule has 2 bridgehead atoms. The van der Waals surface area contributed by atoms with E-state index < -0.39 is 6.23 Å². The van der Waals surface area contributed by atoms with Gasteiger partial charge in [0.1, 0.15) is 12.1 Å². The second kappa shape index (κ2) is 1.69. The third-order valence-corrected chi connectivity index (χ3v) is 2.60. The van der Waals surface area contributed by atoms with Crippen LogP contribution < -0.4 is 4.90 Å². The van der Waals surface area contributed by atoms with Crippen LogP contribution in [0.15, 0.2) is 24.3 Å². The number of carbonyl (C=O) groups is 1. The Balaban J connectivity index is 2.25. The molecule has 1 aromatic rings. The molecule has 0 saturated carbocycles. The van der Waals surface area contributed by atoms with Gasteiger partial charge in [-0.05, 0) is 11.6 Å². The predicted molar refractivity (Wildman–Crippen MR) is 42.7 cm³/mol. The molecular weight excluding hydrogens is 154 g/mol. The number of β-lactam (4-membered cyclic amide) rings is 1.